The van der Waals surface area contributed by atoms with Crippen LogP contribution >= 0.6 is 24.4 Å². The summed E-state index contributed by atoms with van der Waals surface area (Å²) in [4.78, 5) is 30.1. The predicted molar refractivity (Wildman–Crippen MR) is 146 cm³/mol. The topological polar surface area (TPSA) is 116 Å². The minimum atomic E-state index is -0.834. The molecule has 8 nitrogen and oxygen atoms in total. The summed E-state index contributed by atoms with van der Waals surface area (Å²) < 4.78 is 11.1. The number of nitrogens with two attached hydrogens (primary N) is 1. The van der Waals surface area contributed by atoms with E-state index in [9.17, 15) is 9.59 Å². The Bertz CT molecular complexity index is 933. The zero-order valence-electron chi connectivity index (χ0n) is 20.5. The lowest BCUT2D eigenvalue weighted by molar-refractivity contribution is -0.146. The Morgan fingerprint density at radius 2 is 1.91 bits per heavy atom. The van der Waals surface area contributed by atoms with E-state index in [0.29, 0.717) is 54.6 Å². The average molecular weight is 521 g/mol. The van der Waals surface area contributed by atoms with E-state index in [1.54, 1.807) is 11.8 Å². The molecule has 1 aromatic heterocycles. The molecule has 4 N–H and O–H groups in total. The molecule has 2 aromatic rings. The summed E-state index contributed by atoms with van der Waals surface area (Å²) in [6.45, 7) is 2.43. The van der Waals surface area contributed by atoms with Crippen molar-refractivity contribution < 1.29 is 19.1 Å². The molecule has 0 aliphatic heterocycles. The zero-order valence-corrected chi connectivity index (χ0v) is 22.2. The van der Waals surface area contributed by atoms with Crippen molar-refractivity contribution in [2.24, 2.45) is 5.73 Å². The fourth-order valence-corrected chi connectivity index (χ4v) is 3.87. The van der Waals surface area contributed by atoms with Crippen LogP contribution < -0.4 is 21.1 Å². The van der Waals surface area contributed by atoms with Crippen LogP contribution in [0.25, 0.3) is 11.3 Å². The molecule has 10 heteroatoms. The van der Waals surface area contributed by atoms with Crippen LogP contribution in [0.4, 0.5) is 5.69 Å². The van der Waals surface area contributed by atoms with Gasteiger partial charge in [-0.3, -0.25) is 4.79 Å². The van der Waals surface area contributed by atoms with Gasteiger partial charge in [0.25, 0.3) is 5.91 Å². The molecule has 0 saturated heterocycles. The molecule has 2 unspecified atom stereocenters. The lowest BCUT2D eigenvalue weighted by atomic mass is 10.1. The third kappa shape index (κ3) is 9.27. The molecule has 0 bridgehead atoms. The van der Waals surface area contributed by atoms with Gasteiger partial charge in [0.15, 0.2) is 6.10 Å². The molecule has 0 radical (unpaired) electrons. The number of hydrogen-bond acceptors (Lipinski definition) is 9. The summed E-state index contributed by atoms with van der Waals surface area (Å²) in [7, 11) is 1.31. The van der Waals surface area contributed by atoms with E-state index < -0.39 is 18.1 Å². The van der Waals surface area contributed by atoms with Crippen LogP contribution in [0.15, 0.2) is 42.5 Å². The second kappa shape index (κ2) is 15.5. The van der Waals surface area contributed by atoms with Gasteiger partial charge in [-0.15, -0.1) is 0 Å². The molecule has 0 aliphatic rings. The first-order valence-electron chi connectivity index (χ1n) is 11.6. The lowest BCUT2D eigenvalue weighted by Crippen LogP contribution is -2.48. The van der Waals surface area contributed by atoms with Gasteiger partial charge in [-0.1, -0.05) is 43.7 Å². The first-order valence-corrected chi connectivity index (χ1v) is 13.7. The first kappa shape index (κ1) is 28.8. The van der Waals surface area contributed by atoms with Gasteiger partial charge in [0.2, 0.25) is 5.88 Å². The minimum absolute atomic E-state index is 0.160. The number of thioether (sulfide) groups is 1. The number of amides is 1. The molecule has 0 saturated carbocycles. The van der Waals surface area contributed by atoms with E-state index in [1.165, 1.54) is 7.11 Å². The monoisotopic (exact) mass is 520 g/mol. The minimum Gasteiger partial charge on any atom is -0.467 e. The van der Waals surface area contributed by atoms with Gasteiger partial charge in [-0.05, 0) is 37.0 Å². The summed E-state index contributed by atoms with van der Waals surface area (Å²) in [5.41, 5.74) is 8.28. The zero-order chi connectivity index (χ0) is 25.6. The summed E-state index contributed by atoms with van der Waals surface area (Å²) in [6.07, 6.45) is 2.74. The molecule has 35 heavy (non-hydrogen) atoms. The van der Waals surface area contributed by atoms with Crippen molar-refractivity contribution in [3.63, 3.8) is 0 Å². The van der Waals surface area contributed by atoms with Gasteiger partial charge in [0, 0.05) is 23.9 Å². The number of anilines is 1. The summed E-state index contributed by atoms with van der Waals surface area (Å²) in [5.74, 6) is 0.664. The quantitative estimate of drug-likeness (QED) is 0.209. The Balaban J connectivity index is 2.32. The van der Waals surface area contributed by atoms with Gasteiger partial charge in [-0.2, -0.15) is 24.4 Å². The number of carbonyl (C=O) groups is 2. The molecule has 3 atom stereocenters. The highest BCUT2D eigenvalue weighted by Gasteiger charge is 2.28. The van der Waals surface area contributed by atoms with Gasteiger partial charge in [0.05, 0.1) is 18.5 Å². The number of rotatable bonds is 15. The number of hydrogen-bond donors (Lipinski definition) is 4. The van der Waals surface area contributed by atoms with Crippen LogP contribution in [0.5, 0.6) is 5.88 Å². The van der Waals surface area contributed by atoms with E-state index in [1.807, 2.05) is 55.6 Å². The second-order valence-electron chi connectivity index (χ2n) is 8.00. The molecular weight excluding hydrogens is 484 g/mol. The number of nitrogens with one attached hydrogen (secondary N) is 2. The van der Waals surface area contributed by atoms with Gasteiger partial charge < -0.3 is 25.8 Å². The molecule has 2 rings (SSSR count). The summed E-state index contributed by atoms with van der Waals surface area (Å²) in [6, 6.07) is 12.6. The molecule has 0 spiro atoms. The van der Waals surface area contributed by atoms with E-state index in [-0.39, 0.29) is 11.9 Å². The maximum Gasteiger partial charge on any atom is 0.328 e. The number of thiol groups is 1. The number of nitrogens with zero attached hydrogens (tertiary/aromatic N) is 1. The SMILES string of the molecule is CCC[C@H](Oc1nc(-c2ccccc2)ccc1NCC(N)CS)C(=O)NC(CCSC)C(=O)OC. The van der Waals surface area contributed by atoms with Gasteiger partial charge in [0.1, 0.15) is 6.04 Å². The number of esters is 1. The summed E-state index contributed by atoms with van der Waals surface area (Å²) >= 11 is 5.83. The average Bonchev–Trinajstić information content (AvgIpc) is 2.89. The lowest BCUT2D eigenvalue weighted by Gasteiger charge is -2.23. The molecule has 1 heterocycles. The van der Waals surface area contributed by atoms with E-state index in [2.05, 4.69) is 23.3 Å². The highest BCUT2D eigenvalue weighted by atomic mass is 32.2. The van der Waals surface area contributed by atoms with Crippen molar-refractivity contribution in [3.05, 3.63) is 42.5 Å². The molecule has 1 amide bonds. The van der Waals surface area contributed by atoms with Crippen molar-refractivity contribution >= 4 is 42.0 Å². The van der Waals surface area contributed by atoms with Gasteiger partial charge in [-0.25, -0.2) is 9.78 Å². The number of carbonyl (C=O) groups excluding carboxylic acids is 2. The van der Waals surface area contributed by atoms with Crippen LogP contribution in [0.3, 0.4) is 0 Å². The van der Waals surface area contributed by atoms with Crippen LogP contribution in [0, 0.1) is 0 Å². The third-order valence-electron chi connectivity index (χ3n) is 5.23. The largest absolute Gasteiger partial charge is 0.467 e. The summed E-state index contributed by atoms with van der Waals surface area (Å²) in [5, 5.41) is 6.06. The Morgan fingerprint density at radius 3 is 2.54 bits per heavy atom. The normalized spacial score (nSPS) is 13.4. The van der Waals surface area contributed by atoms with Crippen molar-refractivity contribution in [2.75, 3.05) is 36.7 Å². The Labute approximate surface area is 217 Å². The van der Waals surface area contributed by atoms with Crippen molar-refractivity contribution in [1.82, 2.24) is 10.3 Å². The molecule has 192 valence electrons. The van der Waals surface area contributed by atoms with Crippen molar-refractivity contribution in [3.8, 4) is 17.1 Å². The first-order chi connectivity index (χ1) is 16.9. The molecule has 0 aliphatic carbocycles. The Kier molecular flexibility index (Phi) is 12.8. The number of pyridine rings is 1. The number of aromatic nitrogens is 1. The number of methoxy groups -OCH3 is 1. The Hall–Kier alpha value is -2.43. The van der Waals surface area contributed by atoms with Gasteiger partial charge >= 0.3 is 5.97 Å². The maximum absolute atomic E-state index is 13.2. The Morgan fingerprint density at radius 1 is 1.17 bits per heavy atom. The van der Waals surface area contributed by atoms with E-state index >= 15 is 0 Å². The highest BCUT2D eigenvalue weighted by Crippen LogP contribution is 2.28. The molecule has 0 fully saturated rings. The standard InChI is InChI=1S/C25H36N4O4S2/c1-4-8-22(23(30)28-21(13-14-35-3)25(31)32-2)33-24-20(27-15-18(26)16-34)12-11-19(29-24)17-9-6-5-7-10-17/h5-7,9-12,18,21-22,27,34H,4,8,13-16,26H2,1-3H3,(H,28,30)/t18?,21?,22-/m0/s1. The molecular formula is C25H36N4O4S2. The second-order valence-corrected chi connectivity index (χ2v) is 9.35. The fraction of sp³-hybridized carbons (Fsp3) is 0.480. The maximum atomic E-state index is 13.2. The van der Waals surface area contributed by atoms with E-state index in [0.717, 1.165) is 5.56 Å². The van der Waals surface area contributed by atoms with Crippen LogP contribution in [0.2, 0.25) is 0 Å². The number of benzene rings is 1. The molecule has 1 aromatic carbocycles. The predicted octanol–water partition coefficient (Wildman–Crippen LogP) is 3.38. The third-order valence-corrected chi connectivity index (χ3v) is 6.34. The van der Waals surface area contributed by atoms with Crippen LogP contribution in [0.1, 0.15) is 26.2 Å². The van der Waals surface area contributed by atoms with Crippen molar-refractivity contribution in [1.29, 1.82) is 0 Å². The number of ether oxygens (including phenoxy) is 2. The fourth-order valence-electron chi connectivity index (χ4n) is 3.27. The smallest absolute Gasteiger partial charge is 0.328 e. The van der Waals surface area contributed by atoms with E-state index in [4.69, 9.17) is 20.2 Å². The van der Waals surface area contributed by atoms with Crippen LogP contribution in [-0.2, 0) is 14.3 Å². The van der Waals surface area contributed by atoms with Crippen molar-refractivity contribution in [2.45, 2.75) is 44.4 Å². The van der Waals surface area contributed by atoms with Crippen LogP contribution in [-0.4, -0.2) is 66.5 Å². The highest BCUT2D eigenvalue weighted by molar-refractivity contribution is 7.98.